The third kappa shape index (κ3) is 2.47. The fourth-order valence-corrected chi connectivity index (χ4v) is 2.17. The lowest BCUT2D eigenvalue weighted by Crippen LogP contribution is -2.15. The van der Waals surface area contributed by atoms with Crippen molar-refractivity contribution in [1.82, 2.24) is 10.3 Å². The summed E-state index contributed by atoms with van der Waals surface area (Å²) in [5, 5.41) is 3.39. The molecule has 18 heavy (non-hydrogen) atoms. The summed E-state index contributed by atoms with van der Waals surface area (Å²) in [4.78, 5) is 4.21. The van der Waals surface area contributed by atoms with Crippen molar-refractivity contribution >= 4 is 15.9 Å². The van der Waals surface area contributed by atoms with E-state index in [1.54, 1.807) is 12.1 Å². The number of hydrogen-bond donors (Lipinski definition) is 1. The van der Waals surface area contributed by atoms with E-state index in [0.717, 1.165) is 11.3 Å². The SMILES string of the molecule is Fc1ccc(-c2ocnc2CNC2CC2)cc1Br. The number of nitrogens with zero attached hydrogens (tertiary/aromatic N) is 1. The second-order valence-corrected chi connectivity index (χ2v) is 5.27. The smallest absolute Gasteiger partial charge is 0.181 e. The van der Waals surface area contributed by atoms with Crippen LogP contribution in [0, 0.1) is 5.82 Å². The fourth-order valence-electron chi connectivity index (χ4n) is 1.80. The molecule has 3 rings (SSSR count). The second kappa shape index (κ2) is 4.82. The lowest BCUT2D eigenvalue weighted by atomic mass is 10.1. The predicted molar refractivity (Wildman–Crippen MR) is 69.5 cm³/mol. The molecule has 0 aliphatic heterocycles. The van der Waals surface area contributed by atoms with Gasteiger partial charge in [-0.1, -0.05) is 0 Å². The maximum atomic E-state index is 13.2. The van der Waals surface area contributed by atoms with Crippen molar-refractivity contribution in [2.75, 3.05) is 0 Å². The minimum Gasteiger partial charge on any atom is -0.443 e. The van der Waals surface area contributed by atoms with Crippen molar-refractivity contribution in [1.29, 1.82) is 0 Å². The first-order chi connectivity index (χ1) is 8.74. The van der Waals surface area contributed by atoms with E-state index >= 15 is 0 Å². The van der Waals surface area contributed by atoms with Crippen LogP contribution in [-0.4, -0.2) is 11.0 Å². The molecule has 2 aromatic rings. The summed E-state index contributed by atoms with van der Waals surface area (Å²) in [7, 11) is 0. The molecule has 1 saturated carbocycles. The Labute approximate surface area is 113 Å². The number of aromatic nitrogens is 1. The van der Waals surface area contributed by atoms with Crippen molar-refractivity contribution in [3.05, 3.63) is 40.6 Å². The van der Waals surface area contributed by atoms with E-state index in [1.165, 1.54) is 25.3 Å². The van der Waals surface area contributed by atoms with E-state index in [2.05, 4.69) is 26.2 Å². The summed E-state index contributed by atoms with van der Waals surface area (Å²) in [6, 6.07) is 5.44. The lowest BCUT2D eigenvalue weighted by Gasteiger charge is -2.03. The molecule has 1 aromatic carbocycles. The Balaban J connectivity index is 1.85. The van der Waals surface area contributed by atoms with Gasteiger partial charge in [-0.25, -0.2) is 9.37 Å². The number of rotatable bonds is 4. The topological polar surface area (TPSA) is 38.1 Å². The van der Waals surface area contributed by atoms with Gasteiger partial charge in [0.15, 0.2) is 12.2 Å². The summed E-state index contributed by atoms with van der Waals surface area (Å²) >= 11 is 3.18. The summed E-state index contributed by atoms with van der Waals surface area (Å²) in [6.07, 6.45) is 3.89. The van der Waals surface area contributed by atoms with Crippen LogP contribution in [0.1, 0.15) is 18.5 Å². The highest BCUT2D eigenvalue weighted by atomic mass is 79.9. The Bertz CT molecular complexity index is 566. The second-order valence-electron chi connectivity index (χ2n) is 4.41. The van der Waals surface area contributed by atoms with Crippen LogP contribution in [0.5, 0.6) is 0 Å². The molecule has 1 aromatic heterocycles. The molecule has 1 aliphatic carbocycles. The van der Waals surface area contributed by atoms with Crippen molar-refractivity contribution < 1.29 is 8.81 Å². The van der Waals surface area contributed by atoms with Crippen LogP contribution in [0.15, 0.2) is 33.5 Å². The largest absolute Gasteiger partial charge is 0.443 e. The minimum atomic E-state index is -0.282. The monoisotopic (exact) mass is 310 g/mol. The first-order valence-electron chi connectivity index (χ1n) is 5.85. The molecule has 1 aliphatic rings. The van der Waals surface area contributed by atoms with E-state index < -0.39 is 0 Å². The number of nitrogens with one attached hydrogen (secondary N) is 1. The molecule has 0 amide bonds. The highest BCUT2D eigenvalue weighted by Crippen LogP contribution is 2.28. The van der Waals surface area contributed by atoms with Crippen LogP contribution in [0.2, 0.25) is 0 Å². The Morgan fingerprint density at radius 3 is 3.00 bits per heavy atom. The normalized spacial score (nSPS) is 15.0. The van der Waals surface area contributed by atoms with Crippen LogP contribution in [0.4, 0.5) is 4.39 Å². The molecule has 1 fully saturated rings. The quantitative estimate of drug-likeness (QED) is 0.939. The molecule has 5 heteroatoms. The molecule has 1 N–H and O–H groups in total. The van der Waals surface area contributed by atoms with E-state index in [1.807, 2.05) is 0 Å². The zero-order valence-corrected chi connectivity index (χ0v) is 11.2. The van der Waals surface area contributed by atoms with E-state index in [0.29, 0.717) is 22.8 Å². The molecule has 0 saturated heterocycles. The average molecular weight is 311 g/mol. The van der Waals surface area contributed by atoms with E-state index in [4.69, 9.17) is 4.42 Å². The highest BCUT2D eigenvalue weighted by Gasteiger charge is 2.21. The first kappa shape index (κ1) is 11.9. The molecular weight excluding hydrogens is 299 g/mol. The Kier molecular flexibility index (Phi) is 3.18. The number of benzene rings is 1. The summed E-state index contributed by atoms with van der Waals surface area (Å²) < 4.78 is 19.0. The van der Waals surface area contributed by atoms with Crippen molar-refractivity contribution in [2.24, 2.45) is 0 Å². The molecule has 1 heterocycles. The lowest BCUT2D eigenvalue weighted by molar-refractivity contribution is 0.568. The molecule has 0 radical (unpaired) electrons. The molecule has 94 valence electrons. The Hall–Kier alpha value is -1.20. The van der Waals surface area contributed by atoms with Crippen molar-refractivity contribution in [3.63, 3.8) is 0 Å². The van der Waals surface area contributed by atoms with Crippen molar-refractivity contribution in [3.8, 4) is 11.3 Å². The maximum absolute atomic E-state index is 13.2. The zero-order chi connectivity index (χ0) is 12.5. The highest BCUT2D eigenvalue weighted by molar-refractivity contribution is 9.10. The van der Waals surface area contributed by atoms with Crippen LogP contribution in [0.3, 0.4) is 0 Å². The summed E-state index contributed by atoms with van der Waals surface area (Å²) in [5.41, 5.74) is 1.69. The van der Waals surface area contributed by atoms with Crippen LogP contribution < -0.4 is 5.32 Å². The average Bonchev–Trinajstić information content (AvgIpc) is 3.08. The molecule has 0 spiro atoms. The maximum Gasteiger partial charge on any atom is 0.181 e. The fraction of sp³-hybridized carbons (Fsp3) is 0.308. The Morgan fingerprint density at radius 1 is 1.44 bits per heavy atom. The first-order valence-corrected chi connectivity index (χ1v) is 6.64. The van der Waals surface area contributed by atoms with Crippen LogP contribution in [-0.2, 0) is 6.54 Å². The number of oxazole rings is 1. The third-order valence-electron chi connectivity index (χ3n) is 2.96. The molecule has 3 nitrogen and oxygen atoms in total. The van der Waals surface area contributed by atoms with Crippen molar-refractivity contribution in [2.45, 2.75) is 25.4 Å². The predicted octanol–water partition coefficient (Wildman–Crippen LogP) is 3.50. The molecule has 0 bridgehead atoms. The van der Waals surface area contributed by atoms with Gasteiger partial charge in [0.2, 0.25) is 0 Å². The molecular formula is C13H12BrFN2O. The number of hydrogen-bond acceptors (Lipinski definition) is 3. The Morgan fingerprint density at radius 2 is 2.28 bits per heavy atom. The van der Waals surface area contributed by atoms with Gasteiger partial charge >= 0.3 is 0 Å². The summed E-state index contributed by atoms with van der Waals surface area (Å²) in [5.74, 6) is 0.416. The summed E-state index contributed by atoms with van der Waals surface area (Å²) in [6.45, 7) is 0.686. The van der Waals surface area contributed by atoms with E-state index in [-0.39, 0.29) is 5.82 Å². The van der Waals surface area contributed by atoms with Gasteiger partial charge in [0.05, 0.1) is 4.47 Å². The molecule has 0 atom stereocenters. The van der Waals surface area contributed by atoms with Gasteiger partial charge in [0.1, 0.15) is 11.5 Å². The zero-order valence-electron chi connectivity index (χ0n) is 9.62. The van der Waals surface area contributed by atoms with E-state index in [9.17, 15) is 4.39 Å². The van der Waals surface area contributed by atoms with Gasteiger partial charge in [0, 0.05) is 18.2 Å². The third-order valence-corrected chi connectivity index (χ3v) is 3.57. The number of halogens is 2. The van der Waals surface area contributed by atoms with Gasteiger partial charge < -0.3 is 9.73 Å². The van der Waals surface area contributed by atoms with Gasteiger partial charge in [-0.2, -0.15) is 0 Å². The van der Waals surface area contributed by atoms with Gasteiger partial charge in [0.25, 0.3) is 0 Å². The van der Waals surface area contributed by atoms with Gasteiger partial charge in [-0.15, -0.1) is 0 Å². The van der Waals surface area contributed by atoms with Crippen LogP contribution in [0.25, 0.3) is 11.3 Å². The van der Waals surface area contributed by atoms with Gasteiger partial charge in [-0.05, 0) is 47.0 Å². The molecule has 0 unspecified atom stereocenters. The van der Waals surface area contributed by atoms with Crippen LogP contribution >= 0.6 is 15.9 Å². The van der Waals surface area contributed by atoms with Gasteiger partial charge in [-0.3, -0.25) is 0 Å². The standard InChI is InChI=1S/C13H12BrFN2O/c14-10-5-8(1-4-11(10)15)13-12(17-7-18-13)6-16-9-2-3-9/h1,4-5,7,9,16H,2-3,6H2. The minimum absolute atomic E-state index is 0.282.